The zero-order valence-corrected chi connectivity index (χ0v) is 12.0. The average Bonchev–Trinajstić information content (AvgIpc) is 2.33. The first-order valence-electron chi connectivity index (χ1n) is 6.72. The normalized spacial score (nSPS) is 18.2. The van der Waals surface area contributed by atoms with E-state index in [1.54, 1.807) is 0 Å². The highest BCUT2D eigenvalue weighted by Crippen LogP contribution is 2.20. The number of piperidine rings is 1. The van der Waals surface area contributed by atoms with Crippen molar-refractivity contribution in [3.8, 4) is 0 Å². The lowest BCUT2D eigenvalue weighted by atomic mass is 9.88. The third kappa shape index (κ3) is 4.60. The Kier molecular flexibility index (Phi) is 8.43. The Balaban J connectivity index is 0.00000225. The van der Waals surface area contributed by atoms with Crippen LogP contribution in [-0.4, -0.2) is 25.2 Å². The lowest BCUT2D eigenvalue weighted by Gasteiger charge is -2.35. The summed E-state index contributed by atoms with van der Waals surface area (Å²) in [5.41, 5.74) is 0.408. The van der Waals surface area contributed by atoms with Crippen molar-refractivity contribution in [3.05, 3.63) is 0 Å². The number of rotatable bonds is 6. The number of halogens is 1. The fraction of sp³-hybridized carbons (Fsp3) is 1.00. The third-order valence-electron chi connectivity index (χ3n) is 4.25. The van der Waals surface area contributed by atoms with E-state index in [2.05, 4.69) is 31.4 Å². The van der Waals surface area contributed by atoms with Crippen molar-refractivity contribution in [1.82, 2.24) is 10.6 Å². The molecule has 2 N–H and O–H groups in total. The van der Waals surface area contributed by atoms with Gasteiger partial charge < -0.3 is 10.6 Å². The van der Waals surface area contributed by atoms with Gasteiger partial charge in [-0.25, -0.2) is 0 Å². The lowest BCUT2D eigenvalue weighted by molar-refractivity contribution is 0.250. The second-order valence-electron chi connectivity index (χ2n) is 4.92. The van der Waals surface area contributed by atoms with Gasteiger partial charge in [-0.05, 0) is 57.7 Å². The Morgan fingerprint density at radius 1 is 1.06 bits per heavy atom. The molecule has 16 heavy (non-hydrogen) atoms. The van der Waals surface area contributed by atoms with Crippen LogP contribution in [0.5, 0.6) is 0 Å². The second-order valence-corrected chi connectivity index (χ2v) is 4.92. The Morgan fingerprint density at radius 2 is 1.56 bits per heavy atom. The molecule has 0 aromatic heterocycles. The van der Waals surface area contributed by atoms with Crippen LogP contribution in [0.15, 0.2) is 0 Å². The Hall–Kier alpha value is 0.210. The molecule has 1 rings (SSSR count). The average molecular weight is 249 g/mol. The van der Waals surface area contributed by atoms with Crippen LogP contribution in [0.1, 0.15) is 52.9 Å². The topological polar surface area (TPSA) is 24.1 Å². The van der Waals surface area contributed by atoms with Crippen LogP contribution < -0.4 is 10.6 Å². The molecular weight excluding hydrogens is 220 g/mol. The van der Waals surface area contributed by atoms with Gasteiger partial charge in [-0.15, -0.1) is 12.4 Å². The zero-order chi connectivity index (χ0) is 11.1. The van der Waals surface area contributed by atoms with Crippen LogP contribution in [0.3, 0.4) is 0 Å². The molecule has 0 aromatic carbocycles. The predicted octanol–water partition coefficient (Wildman–Crippen LogP) is 2.97. The van der Waals surface area contributed by atoms with E-state index in [1.165, 1.54) is 51.7 Å². The van der Waals surface area contributed by atoms with Gasteiger partial charge in [-0.3, -0.25) is 0 Å². The van der Waals surface area contributed by atoms with E-state index in [9.17, 15) is 0 Å². The summed E-state index contributed by atoms with van der Waals surface area (Å²) in [6.45, 7) is 10.6. The first-order chi connectivity index (χ1) is 7.26. The van der Waals surface area contributed by atoms with Gasteiger partial charge in [0.2, 0.25) is 0 Å². The number of nitrogens with one attached hydrogen (secondary N) is 2. The summed E-state index contributed by atoms with van der Waals surface area (Å²) in [6, 6.07) is 0. The van der Waals surface area contributed by atoms with Crippen LogP contribution >= 0.6 is 12.4 Å². The Bertz CT molecular complexity index is 155. The van der Waals surface area contributed by atoms with E-state index < -0.39 is 0 Å². The first-order valence-corrected chi connectivity index (χ1v) is 6.72. The summed E-state index contributed by atoms with van der Waals surface area (Å²) < 4.78 is 0. The van der Waals surface area contributed by atoms with Crippen molar-refractivity contribution in [2.24, 2.45) is 5.92 Å². The van der Waals surface area contributed by atoms with Crippen molar-refractivity contribution in [2.75, 3.05) is 19.6 Å². The largest absolute Gasteiger partial charge is 0.317 e. The molecule has 0 radical (unpaired) electrons. The summed E-state index contributed by atoms with van der Waals surface area (Å²) in [7, 11) is 0. The van der Waals surface area contributed by atoms with E-state index in [-0.39, 0.29) is 12.4 Å². The number of hydrogen-bond acceptors (Lipinski definition) is 2. The molecule has 1 saturated heterocycles. The highest BCUT2D eigenvalue weighted by atomic mass is 35.5. The van der Waals surface area contributed by atoms with Gasteiger partial charge in [-0.1, -0.05) is 20.8 Å². The van der Waals surface area contributed by atoms with Gasteiger partial charge in [0, 0.05) is 5.54 Å². The molecular formula is C13H29ClN2. The molecule has 0 spiro atoms. The minimum atomic E-state index is 0. The van der Waals surface area contributed by atoms with Crippen LogP contribution in [0, 0.1) is 5.92 Å². The van der Waals surface area contributed by atoms with Crippen LogP contribution in [0.2, 0.25) is 0 Å². The van der Waals surface area contributed by atoms with Crippen molar-refractivity contribution in [3.63, 3.8) is 0 Å². The zero-order valence-electron chi connectivity index (χ0n) is 11.1. The van der Waals surface area contributed by atoms with Crippen molar-refractivity contribution in [2.45, 2.75) is 58.4 Å². The van der Waals surface area contributed by atoms with E-state index >= 15 is 0 Å². The maximum Gasteiger partial charge on any atom is 0.0173 e. The highest BCUT2D eigenvalue weighted by molar-refractivity contribution is 5.85. The van der Waals surface area contributed by atoms with Crippen molar-refractivity contribution >= 4 is 12.4 Å². The minimum Gasteiger partial charge on any atom is -0.317 e. The van der Waals surface area contributed by atoms with Gasteiger partial charge in [0.05, 0.1) is 0 Å². The van der Waals surface area contributed by atoms with Crippen LogP contribution in [0.25, 0.3) is 0 Å². The van der Waals surface area contributed by atoms with Gasteiger partial charge in [0.15, 0.2) is 0 Å². The molecule has 0 amide bonds. The first kappa shape index (κ1) is 16.2. The second kappa shape index (κ2) is 8.32. The minimum absolute atomic E-state index is 0. The molecule has 1 aliphatic rings. The van der Waals surface area contributed by atoms with Gasteiger partial charge >= 0.3 is 0 Å². The molecule has 1 heterocycles. The van der Waals surface area contributed by atoms with E-state index in [1.807, 2.05) is 0 Å². The summed E-state index contributed by atoms with van der Waals surface area (Å²) in [6.07, 6.45) is 6.46. The summed E-state index contributed by atoms with van der Waals surface area (Å²) in [5.74, 6) is 0.898. The number of hydrogen-bond donors (Lipinski definition) is 2. The van der Waals surface area contributed by atoms with E-state index in [0.717, 1.165) is 5.92 Å². The van der Waals surface area contributed by atoms with E-state index in [0.29, 0.717) is 5.54 Å². The fourth-order valence-electron chi connectivity index (χ4n) is 2.57. The SMILES string of the molecule is CCC(CC)(CC)NCC1CCNCC1.Cl. The maximum absolute atomic E-state index is 3.82. The molecule has 3 heteroatoms. The van der Waals surface area contributed by atoms with Crippen molar-refractivity contribution < 1.29 is 0 Å². The third-order valence-corrected chi connectivity index (χ3v) is 4.25. The van der Waals surface area contributed by atoms with Crippen molar-refractivity contribution in [1.29, 1.82) is 0 Å². The molecule has 0 aliphatic carbocycles. The van der Waals surface area contributed by atoms with Gasteiger partial charge in [0.25, 0.3) is 0 Å². The summed E-state index contributed by atoms with van der Waals surface area (Å²) >= 11 is 0. The summed E-state index contributed by atoms with van der Waals surface area (Å²) in [4.78, 5) is 0. The molecule has 0 atom stereocenters. The Labute approximate surface area is 107 Å². The highest BCUT2D eigenvalue weighted by Gasteiger charge is 2.24. The molecule has 0 aromatic rings. The standard InChI is InChI=1S/C13H28N2.ClH/c1-4-13(5-2,6-3)15-11-12-7-9-14-10-8-12;/h12,14-15H,4-11H2,1-3H3;1H. The molecule has 2 nitrogen and oxygen atoms in total. The summed E-state index contributed by atoms with van der Waals surface area (Å²) in [5, 5.41) is 7.25. The van der Waals surface area contributed by atoms with E-state index in [4.69, 9.17) is 0 Å². The molecule has 0 saturated carbocycles. The molecule has 98 valence electrons. The molecule has 1 fully saturated rings. The quantitative estimate of drug-likeness (QED) is 0.755. The monoisotopic (exact) mass is 248 g/mol. The molecule has 1 aliphatic heterocycles. The van der Waals surface area contributed by atoms with Crippen LogP contribution in [-0.2, 0) is 0 Å². The molecule has 0 unspecified atom stereocenters. The fourth-order valence-corrected chi connectivity index (χ4v) is 2.57. The van der Waals surface area contributed by atoms with Crippen LogP contribution in [0.4, 0.5) is 0 Å². The molecule has 0 bridgehead atoms. The maximum atomic E-state index is 3.82. The van der Waals surface area contributed by atoms with Gasteiger partial charge in [-0.2, -0.15) is 0 Å². The smallest absolute Gasteiger partial charge is 0.0173 e. The van der Waals surface area contributed by atoms with Gasteiger partial charge in [0.1, 0.15) is 0 Å². The Morgan fingerprint density at radius 3 is 2.00 bits per heavy atom. The predicted molar refractivity (Wildman–Crippen MR) is 74.4 cm³/mol. The lowest BCUT2D eigenvalue weighted by Crippen LogP contribution is -2.47.